The van der Waals surface area contributed by atoms with Crippen molar-refractivity contribution in [3.05, 3.63) is 127 Å². The van der Waals surface area contributed by atoms with Gasteiger partial charge in [-0.05, 0) is 69.8 Å². The predicted molar refractivity (Wildman–Crippen MR) is 148 cm³/mol. The van der Waals surface area contributed by atoms with Crippen molar-refractivity contribution in [1.82, 2.24) is 4.57 Å². The van der Waals surface area contributed by atoms with E-state index >= 15 is 0 Å². The molecule has 0 saturated heterocycles. The Hall–Kier alpha value is -4.50. The highest BCUT2D eigenvalue weighted by Gasteiger charge is 2.45. The summed E-state index contributed by atoms with van der Waals surface area (Å²) < 4.78 is 2.47. The lowest BCUT2D eigenvalue weighted by molar-refractivity contribution is 1.14. The average molecular weight is 444 g/mol. The Labute approximate surface area is 204 Å². The summed E-state index contributed by atoms with van der Waals surface area (Å²) in [6.45, 7) is 0.210. The minimum atomic E-state index is 0.210. The van der Waals surface area contributed by atoms with Crippen LogP contribution in [0.3, 0.4) is 0 Å². The van der Waals surface area contributed by atoms with Crippen LogP contribution < -0.4 is 21.3 Å². The van der Waals surface area contributed by atoms with Crippen molar-refractivity contribution in [3.63, 3.8) is 0 Å². The Morgan fingerprint density at radius 2 is 1.14 bits per heavy atom. The van der Waals surface area contributed by atoms with Gasteiger partial charge in [0.2, 0.25) is 0 Å². The average Bonchev–Trinajstić information content (AvgIpc) is 3.44. The van der Waals surface area contributed by atoms with Gasteiger partial charge < -0.3 is 9.47 Å². The highest BCUT2D eigenvalue weighted by molar-refractivity contribution is 7.02. The van der Waals surface area contributed by atoms with Crippen LogP contribution in [0.2, 0.25) is 0 Å². The van der Waals surface area contributed by atoms with Crippen LogP contribution in [-0.4, -0.2) is 11.3 Å². The monoisotopic (exact) mass is 444 g/mol. The standard InChI is InChI=1S/C32H21BN2/c1-3-12-22(13-4-1)34-28-20-10-8-18-26(28)33-30-25(17-11-21-29(30)34)32-31(33)24-16-7-9-19-27(24)35(32)23-14-5-2-6-15-23/h1-21H. The number of anilines is 3. The summed E-state index contributed by atoms with van der Waals surface area (Å²) in [4.78, 5) is 2.44. The summed E-state index contributed by atoms with van der Waals surface area (Å²) in [6.07, 6.45) is 0. The molecule has 2 aliphatic heterocycles. The molecule has 0 saturated carbocycles. The SMILES string of the molecule is c1ccc(N2c3ccccc3B3c4c(cccc42)-c2c3c3ccccc3n2-c2ccccc2)cc1. The van der Waals surface area contributed by atoms with Crippen molar-refractivity contribution in [2.24, 2.45) is 0 Å². The molecule has 0 unspecified atom stereocenters. The number of rotatable bonds is 2. The second-order valence-corrected chi connectivity index (χ2v) is 9.35. The Bertz CT molecular complexity index is 1750. The molecule has 5 aromatic carbocycles. The zero-order valence-electron chi connectivity index (χ0n) is 19.1. The maximum Gasteiger partial charge on any atom is 0.251 e. The van der Waals surface area contributed by atoms with Crippen LogP contribution in [0.4, 0.5) is 17.1 Å². The second kappa shape index (κ2) is 7.00. The van der Waals surface area contributed by atoms with Crippen LogP contribution in [0.5, 0.6) is 0 Å². The van der Waals surface area contributed by atoms with Crippen molar-refractivity contribution in [1.29, 1.82) is 0 Å². The fourth-order valence-electron chi connectivity index (χ4n) is 6.30. The van der Waals surface area contributed by atoms with Crippen molar-refractivity contribution in [3.8, 4) is 16.9 Å². The Balaban J connectivity index is 1.53. The Morgan fingerprint density at radius 3 is 1.97 bits per heavy atom. The quantitative estimate of drug-likeness (QED) is 0.301. The first-order valence-corrected chi connectivity index (χ1v) is 12.2. The van der Waals surface area contributed by atoms with Gasteiger partial charge in [0.25, 0.3) is 6.71 Å². The molecular formula is C32H21BN2. The van der Waals surface area contributed by atoms with Gasteiger partial charge in [0.05, 0.1) is 5.52 Å². The molecule has 6 aromatic rings. The molecule has 3 heteroatoms. The molecule has 8 rings (SSSR count). The van der Waals surface area contributed by atoms with Crippen LogP contribution >= 0.6 is 0 Å². The molecule has 0 atom stereocenters. The number of aromatic nitrogens is 1. The van der Waals surface area contributed by atoms with E-state index in [-0.39, 0.29) is 6.71 Å². The number of fused-ring (bicyclic) bond motifs is 7. The molecule has 0 fully saturated rings. The van der Waals surface area contributed by atoms with E-state index in [0.29, 0.717) is 0 Å². The van der Waals surface area contributed by atoms with Gasteiger partial charge in [0.15, 0.2) is 0 Å². The maximum absolute atomic E-state index is 2.47. The van der Waals surface area contributed by atoms with Crippen molar-refractivity contribution in [2.75, 3.05) is 4.90 Å². The van der Waals surface area contributed by atoms with E-state index in [9.17, 15) is 0 Å². The lowest BCUT2D eigenvalue weighted by atomic mass is 9.37. The van der Waals surface area contributed by atoms with Gasteiger partial charge in [0, 0.05) is 28.4 Å². The third kappa shape index (κ3) is 2.45. The van der Waals surface area contributed by atoms with Crippen LogP contribution in [-0.2, 0) is 0 Å². The summed E-state index contributed by atoms with van der Waals surface area (Å²) in [5.41, 5.74) is 13.1. The lowest BCUT2D eigenvalue weighted by Gasteiger charge is -2.35. The van der Waals surface area contributed by atoms with E-state index in [1.807, 2.05) is 0 Å². The molecule has 0 radical (unpaired) electrons. The number of benzene rings is 5. The van der Waals surface area contributed by atoms with E-state index in [4.69, 9.17) is 0 Å². The summed E-state index contributed by atoms with van der Waals surface area (Å²) in [6, 6.07) is 46.2. The summed E-state index contributed by atoms with van der Waals surface area (Å²) >= 11 is 0. The third-order valence-electron chi connectivity index (χ3n) is 7.59. The first-order valence-electron chi connectivity index (χ1n) is 12.2. The molecule has 2 aliphatic rings. The van der Waals surface area contributed by atoms with E-state index < -0.39 is 0 Å². The lowest BCUT2D eigenvalue weighted by Crippen LogP contribution is -2.54. The van der Waals surface area contributed by atoms with Crippen molar-refractivity contribution >= 4 is 51.1 Å². The van der Waals surface area contributed by atoms with E-state index in [1.165, 1.54) is 61.3 Å². The van der Waals surface area contributed by atoms with Crippen LogP contribution in [0.25, 0.3) is 27.8 Å². The van der Waals surface area contributed by atoms with Gasteiger partial charge in [-0.3, -0.25) is 0 Å². The minimum absolute atomic E-state index is 0.210. The molecule has 162 valence electrons. The van der Waals surface area contributed by atoms with Gasteiger partial charge in [-0.15, -0.1) is 0 Å². The fourth-order valence-corrected chi connectivity index (χ4v) is 6.30. The molecule has 0 amide bonds. The molecular weight excluding hydrogens is 423 g/mol. The first kappa shape index (κ1) is 18.9. The van der Waals surface area contributed by atoms with Gasteiger partial charge >= 0.3 is 0 Å². The largest absolute Gasteiger partial charge is 0.312 e. The topological polar surface area (TPSA) is 8.17 Å². The third-order valence-corrected chi connectivity index (χ3v) is 7.59. The second-order valence-electron chi connectivity index (χ2n) is 9.35. The Kier molecular flexibility index (Phi) is 3.78. The normalized spacial score (nSPS) is 13.0. The summed E-state index contributed by atoms with van der Waals surface area (Å²) in [5.74, 6) is 0. The van der Waals surface area contributed by atoms with Crippen LogP contribution in [0, 0.1) is 0 Å². The molecule has 1 aromatic heterocycles. The van der Waals surface area contributed by atoms with Crippen LogP contribution in [0.1, 0.15) is 0 Å². The van der Waals surface area contributed by atoms with Gasteiger partial charge in [0.1, 0.15) is 0 Å². The summed E-state index contributed by atoms with van der Waals surface area (Å²) in [7, 11) is 0. The van der Waals surface area contributed by atoms with Crippen molar-refractivity contribution in [2.45, 2.75) is 0 Å². The molecule has 3 heterocycles. The number of hydrogen-bond donors (Lipinski definition) is 0. The number of nitrogens with zero attached hydrogens (tertiary/aromatic N) is 2. The van der Waals surface area contributed by atoms with Gasteiger partial charge in [-0.1, -0.05) is 84.9 Å². The maximum atomic E-state index is 2.47. The molecule has 2 nitrogen and oxygen atoms in total. The predicted octanol–water partition coefficient (Wildman–Crippen LogP) is 5.91. The molecule has 0 bridgehead atoms. The van der Waals surface area contributed by atoms with Gasteiger partial charge in [-0.25, -0.2) is 0 Å². The minimum Gasteiger partial charge on any atom is -0.312 e. The van der Waals surface area contributed by atoms with Gasteiger partial charge in [-0.2, -0.15) is 0 Å². The molecule has 0 N–H and O–H groups in total. The Morgan fingerprint density at radius 1 is 0.486 bits per heavy atom. The van der Waals surface area contributed by atoms with E-state index in [1.54, 1.807) is 0 Å². The molecule has 0 aliphatic carbocycles. The smallest absolute Gasteiger partial charge is 0.251 e. The zero-order chi connectivity index (χ0) is 22.9. The number of para-hydroxylation sites is 4. The zero-order valence-corrected chi connectivity index (χ0v) is 19.1. The van der Waals surface area contributed by atoms with Crippen molar-refractivity contribution < 1.29 is 0 Å². The molecule has 35 heavy (non-hydrogen) atoms. The fraction of sp³-hybridized carbons (Fsp3) is 0. The first-order chi connectivity index (χ1) is 17.4. The summed E-state index contributed by atoms with van der Waals surface area (Å²) in [5, 5.41) is 1.33. The van der Waals surface area contributed by atoms with E-state index in [0.717, 1.165) is 0 Å². The highest BCUT2D eigenvalue weighted by Crippen LogP contribution is 2.42. The highest BCUT2D eigenvalue weighted by atomic mass is 15.2. The van der Waals surface area contributed by atoms with Crippen LogP contribution in [0.15, 0.2) is 127 Å². The number of hydrogen-bond acceptors (Lipinski definition) is 1. The van der Waals surface area contributed by atoms with E-state index in [2.05, 4.69) is 137 Å². The molecule has 0 spiro atoms.